The van der Waals surface area contributed by atoms with Crippen molar-refractivity contribution in [1.82, 2.24) is 14.7 Å². The van der Waals surface area contributed by atoms with Crippen LogP contribution in [0.1, 0.15) is 40.1 Å². The number of hydrogen-bond acceptors (Lipinski definition) is 3. The first-order chi connectivity index (χ1) is 19.2. The molecule has 6 rings (SSSR count). The SMILES string of the molecule is C[C@H]1[C@H](Oc2ccc3c(cnn3-c3ccc(F)cc3)c2)c2cccc(c2)CN1C(=O)c1ccc(C(F)(F)F)cc1. The van der Waals surface area contributed by atoms with E-state index in [1.807, 2.05) is 49.4 Å². The van der Waals surface area contributed by atoms with Crippen LogP contribution in [-0.4, -0.2) is 26.6 Å². The van der Waals surface area contributed by atoms with E-state index in [0.717, 1.165) is 39.8 Å². The van der Waals surface area contributed by atoms with Crippen LogP contribution >= 0.6 is 0 Å². The molecule has 1 aromatic heterocycles. The number of carbonyl (C=O) groups is 1. The van der Waals surface area contributed by atoms with Crippen molar-refractivity contribution >= 4 is 16.8 Å². The van der Waals surface area contributed by atoms with Crippen LogP contribution in [0.2, 0.25) is 0 Å². The highest BCUT2D eigenvalue weighted by atomic mass is 19.4. The van der Waals surface area contributed by atoms with Gasteiger partial charge in [0.15, 0.2) is 0 Å². The molecule has 40 heavy (non-hydrogen) atoms. The van der Waals surface area contributed by atoms with Crippen molar-refractivity contribution in [2.45, 2.75) is 31.8 Å². The molecule has 0 fully saturated rings. The van der Waals surface area contributed by atoms with Gasteiger partial charge in [-0.05, 0) is 84.8 Å². The zero-order valence-electron chi connectivity index (χ0n) is 21.3. The molecule has 4 aromatic carbocycles. The van der Waals surface area contributed by atoms with E-state index in [1.54, 1.807) is 27.9 Å². The molecule has 0 saturated carbocycles. The first kappa shape index (κ1) is 25.6. The summed E-state index contributed by atoms with van der Waals surface area (Å²) in [5.74, 6) is -0.145. The lowest BCUT2D eigenvalue weighted by atomic mass is 10.0. The average molecular weight is 546 g/mol. The fourth-order valence-electron chi connectivity index (χ4n) is 5.06. The molecular formula is C31H23F4N3O2. The summed E-state index contributed by atoms with van der Waals surface area (Å²) in [6.07, 6.45) is -3.32. The Kier molecular flexibility index (Phi) is 6.29. The first-order valence-electron chi connectivity index (χ1n) is 12.6. The zero-order valence-corrected chi connectivity index (χ0v) is 21.3. The number of amides is 1. The van der Waals surface area contributed by atoms with Gasteiger partial charge in [0, 0.05) is 17.5 Å². The van der Waals surface area contributed by atoms with E-state index in [1.165, 1.54) is 24.3 Å². The molecule has 1 amide bonds. The molecule has 1 aliphatic rings. The smallest absolute Gasteiger partial charge is 0.416 e. The van der Waals surface area contributed by atoms with Gasteiger partial charge < -0.3 is 9.64 Å². The van der Waals surface area contributed by atoms with Crippen molar-refractivity contribution in [3.8, 4) is 11.4 Å². The fourth-order valence-corrected chi connectivity index (χ4v) is 5.06. The van der Waals surface area contributed by atoms with Crippen LogP contribution in [0.5, 0.6) is 5.75 Å². The molecule has 1 aliphatic heterocycles. The van der Waals surface area contributed by atoms with Crippen LogP contribution in [0.25, 0.3) is 16.6 Å². The summed E-state index contributed by atoms with van der Waals surface area (Å²) in [6, 6.07) is 23.1. The quantitative estimate of drug-likeness (QED) is 0.222. The number of hydrogen-bond donors (Lipinski definition) is 0. The lowest BCUT2D eigenvalue weighted by Crippen LogP contribution is -2.42. The highest BCUT2D eigenvalue weighted by molar-refractivity contribution is 5.94. The summed E-state index contributed by atoms with van der Waals surface area (Å²) in [5.41, 5.74) is 2.68. The van der Waals surface area contributed by atoms with Crippen molar-refractivity contribution in [3.63, 3.8) is 0 Å². The molecule has 5 nitrogen and oxygen atoms in total. The highest BCUT2D eigenvalue weighted by Crippen LogP contribution is 2.35. The molecule has 0 spiro atoms. The third kappa shape index (κ3) is 4.79. The molecule has 0 saturated heterocycles. The number of fused-ring (bicyclic) bond motifs is 3. The Morgan fingerprint density at radius 3 is 2.42 bits per heavy atom. The zero-order chi connectivity index (χ0) is 28.0. The third-order valence-corrected chi connectivity index (χ3v) is 7.16. The largest absolute Gasteiger partial charge is 0.484 e. The minimum atomic E-state index is -4.48. The third-order valence-electron chi connectivity index (χ3n) is 7.16. The van der Waals surface area contributed by atoms with Crippen LogP contribution in [0, 0.1) is 5.82 Å². The maximum Gasteiger partial charge on any atom is 0.416 e. The van der Waals surface area contributed by atoms with Gasteiger partial charge in [-0.15, -0.1) is 0 Å². The van der Waals surface area contributed by atoms with E-state index in [4.69, 9.17) is 4.74 Å². The van der Waals surface area contributed by atoms with Crippen LogP contribution in [0.4, 0.5) is 17.6 Å². The van der Waals surface area contributed by atoms with E-state index in [2.05, 4.69) is 5.10 Å². The van der Waals surface area contributed by atoms with Gasteiger partial charge in [-0.3, -0.25) is 4.79 Å². The number of benzene rings is 4. The molecular weight excluding hydrogens is 522 g/mol. The Hall–Kier alpha value is -4.66. The maximum absolute atomic E-state index is 13.5. The molecule has 0 aliphatic carbocycles. The molecule has 2 heterocycles. The molecule has 202 valence electrons. The summed E-state index contributed by atoms with van der Waals surface area (Å²) in [4.78, 5) is 15.2. The van der Waals surface area contributed by atoms with Crippen LogP contribution < -0.4 is 4.74 Å². The molecule has 2 bridgehead atoms. The van der Waals surface area contributed by atoms with Crippen molar-refractivity contribution in [1.29, 1.82) is 0 Å². The number of rotatable bonds is 4. The number of carbonyl (C=O) groups excluding carboxylic acids is 1. The molecule has 2 atom stereocenters. The van der Waals surface area contributed by atoms with Crippen molar-refractivity contribution in [3.05, 3.63) is 125 Å². The Morgan fingerprint density at radius 1 is 0.950 bits per heavy atom. The maximum atomic E-state index is 13.5. The lowest BCUT2D eigenvalue weighted by molar-refractivity contribution is -0.137. The summed E-state index contributed by atoms with van der Waals surface area (Å²) >= 11 is 0. The van der Waals surface area contributed by atoms with Gasteiger partial charge >= 0.3 is 6.18 Å². The van der Waals surface area contributed by atoms with Gasteiger partial charge in [0.25, 0.3) is 5.91 Å². The van der Waals surface area contributed by atoms with E-state index >= 15 is 0 Å². The Bertz CT molecular complexity index is 1700. The standard InChI is InChI=1S/C31H23F4N3O2/c1-19-29(40-27-13-14-28-23(16-27)17-36-38(28)26-11-9-25(32)10-12-26)22-4-2-3-20(15-22)18-37(19)30(39)21-5-7-24(8-6-21)31(33,34)35/h2-17,19,29H,18H2,1H3/t19-,29-/m0/s1. The molecule has 0 unspecified atom stereocenters. The van der Waals surface area contributed by atoms with Gasteiger partial charge in [0.05, 0.1) is 29.0 Å². The number of nitrogens with zero attached hydrogens (tertiary/aromatic N) is 3. The van der Waals surface area contributed by atoms with Gasteiger partial charge in [0.1, 0.15) is 17.7 Å². The van der Waals surface area contributed by atoms with Crippen molar-refractivity contribution in [2.24, 2.45) is 0 Å². The summed E-state index contributed by atoms with van der Waals surface area (Å²) in [7, 11) is 0. The second kappa shape index (κ2) is 9.82. The Labute approximate surface area is 227 Å². The number of halogens is 4. The van der Waals surface area contributed by atoms with Crippen molar-refractivity contribution in [2.75, 3.05) is 0 Å². The van der Waals surface area contributed by atoms with E-state index in [0.29, 0.717) is 5.75 Å². The summed E-state index contributed by atoms with van der Waals surface area (Å²) in [6.45, 7) is 2.16. The van der Waals surface area contributed by atoms with Gasteiger partial charge in [-0.2, -0.15) is 18.3 Å². The summed E-state index contributed by atoms with van der Waals surface area (Å²) < 4.78 is 60.7. The normalized spacial score (nSPS) is 17.1. The summed E-state index contributed by atoms with van der Waals surface area (Å²) in [5, 5.41) is 5.25. The molecule has 0 N–H and O–H groups in total. The van der Waals surface area contributed by atoms with Gasteiger partial charge in [0.2, 0.25) is 0 Å². The van der Waals surface area contributed by atoms with E-state index in [-0.39, 0.29) is 23.8 Å². The molecule has 5 aromatic rings. The predicted octanol–water partition coefficient (Wildman–Crippen LogP) is 7.35. The molecule has 9 heteroatoms. The monoisotopic (exact) mass is 545 g/mol. The van der Waals surface area contributed by atoms with Crippen LogP contribution in [0.15, 0.2) is 97.2 Å². The average Bonchev–Trinajstić information content (AvgIpc) is 3.34. The number of aromatic nitrogens is 2. The Morgan fingerprint density at radius 2 is 1.70 bits per heavy atom. The van der Waals surface area contributed by atoms with Crippen LogP contribution in [0.3, 0.4) is 0 Å². The first-order valence-corrected chi connectivity index (χ1v) is 12.6. The second-order valence-electron chi connectivity index (χ2n) is 9.79. The molecule has 0 radical (unpaired) electrons. The minimum absolute atomic E-state index is 0.170. The van der Waals surface area contributed by atoms with E-state index in [9.17, 15) is 22.4 Å². The van der Waals surface area contributed by atoms with E-state index < -0.39 is 23.9 Å². The number of ether oxygens (including phenoxy) is 1. The Balaban J connectivity index is 1.29. The van der Waals surface area contributed by atoms with Crippen LogP contribution in [-0.2, 0) is 12.7 Å². The van der Waals surface area contributed by atoms with Crippen molar-refractivity contribution < 1.29 is 27.1 Å². The minimum Gasteiger partial charge on any atom is -0.484 e. The van der Waals surface area contributed by atoms with Gasteiger partial charge in [-0.25, -0.2) is 9.07 Å². The van der Waals surface area contributed by atoms with Gasteiger partial charge in [-0.1, -0.05) is 24.3 Å². The number of alkyl halides is 3. The predicted molar refractivity (Wildman–Crippen MR) is 142 cm³/mol. The second-order valence-corrected chi connectivity index (χ2v) is 9.79. The topological polar surface area (TPSA) is 47.4 Å². The highest BCUT2D eigenvalue weighted by Gasteiger charge is 2.35. The fraction of sp³-hybridized carbons (Fsp3) is 0.161. The lowest BCUT2D eigenvalue weighted by Gasteiger charge is -2.33.